The van der Waals surface area contributed by atoms with Crippen LogP contribution in [0, 0.1) is 5.92 Å². The van der Waals surface area contributed by atoms with Crippen molar-refractivity contribution in [1.29, 1.82) is 0 Å². The monoisotopic (exact) mass is 194 g/mol. The molecule has 1 unspecified atom stereocenters. The molecule has 12 heavy (non-hydrogen) atoms. The van der Waals surface area contributed by atoms with Gasteiger partial charge < -0.3 is 5.73 Å². The zero-order chi connectivity index (χ0) is 9.78. The molecule has 0 aromatic carbocycles. The van der Waals surface area contributed by atoms with Gasteiger partial charge in [0.1, 0.15) is 0 Å². The molecule has 0 aliphatic carbocycles. The average molecular weight is 194 g/mol. The van der Waals surface area contributed by atoms with Gasteiger partial charge in [-0.05, 0) is 12.3 Å². The Bertz CT molecular complexity index is 211. The van der Waals surface area contributed by atoms with Crippen molar-refractivity contribution in [2.24, 2.45) is 11.7 Å². The van der Waals surface area contributed by atoms with Gasteiger partial charge in [0.2, 0.25) is 10.0 Å². The molecule has 0 spiro atoms. The molecule has 0 radical (unpaired) electrons. The summed E-state index contributed by atoms with van der Waals surface area (Å²) in [6.45, 7) is 4.42. The fraction of sp³-hybridized carbons (Fsp3) is 1.00. The van der Waals surface area contributed by atoms with Crippen molar-refractivity contribution >= 4 is 10.0 Å². The number of nitrogens with two attached hydrogens (primary N) is 1. The number of nitrogens with one attached hydrogen (secondary N) is 1. The van der Waals surface area contributed by atoms with Crippen molar-refractivity contribution in [1.82, 2.24) is 4.72 Å². The molecule has 0 saturated heterocycles. The number of hydrogen-bond donors (Lipinski definition) is 2. The molecule has 0 aliphatic heterocycles. The zero-order valence-corrected chi connectivity index (χ0v) is 8.69. The van der Waals surface area contributed by atoms with Crippen LogP contribution in [0.1, 0.15) is 20.3 Å². The van der Waals surface area contributed by atoms with Gasteiger partial charge in [-0.15, -0.1) is 0 Å². The van der Waals surface area contributed by atoms with E-state index in [4.69, 9.17) is 5.73 Å². The van der Waals surface area contributed by atoms with Gasteiger partial charge >= 0.3 is 0 Å². The summed E-state index contributed by atoms with van der Waals surface area (Å²) >= 11 is 0. The minimum atomic E-state index is -3.11. The highest BCUT2D eigenvalue weighted by atomic mass is 32.2. The van der Waals surface area contributed by atoms with E-state index in [1.165, 1.54) is 0 Å². The Labute approximate surface area is 74.6 Å². The Hall–Kier alpha value is -0.130. The number of hydrogen-bond acceptors (Lipinski definition) is 3. The standard InChI is InChI=1S/C7H18N2O2S/c1-6(2)4-7(5-8)9-12(3,10)11/h6-7,9H,4-5,8H2,1-3H3. The quantitative estimate of drug-likeness (QED) is 0.642. The van der Waals surface area contributed by atoms with E-state index in [0.717, 1.165) is 12.7 Å². The summed E-state index contributed by atoms with van der Waals surface area (Å²) < 4.78 is 24.1. The van der Waals surface area contributed by atoms with E-state index in [0.29, 0.717) is 12.5 Å². The van der Waals surface area contributed by atoms with E-state index in [1.54, 1.807) is 0 Å². The molecule has 0 fully saturated rings. The fourth-order valence-corrected chi connectivity index (χ4v) is 1.86. The van der Waals surface area contributed by atoms with Crippen LogP contribution >= 0.6 is 0 Å². The van der Waals surface area contributed by atoms with Crippen LogP contribution in [0.4, 0.5) is 0 Å². The summed E-state index contributed by atoms with van der Waals surface area (Å²) in [6, 6.07) is -0.125. The van der Waals surface area contributed by atoms with Gasteiger partial charge in [0.25, 0.3) is 0 Å². The molecular weight excluding hydrogens is 176 g/mol. The van der Waals surface area contributed by atoms with Crippen molar-refractivity contribution in [3.8, 4) is 0 Å². The van der Waals surface area contributed by atoms with Crippen LogP contribution in [0.5, 0.6) is 0 Å². The molecule has 0 bridgehead atoms. The van der Waals surface area contributed by atoms with Gasteiger partial charge in [0.05, 0.1) is 6.26 Å². The molecule has 5 heteroatoms. The van der Waals surface area contributed by atoms with Crippen molar-refractivity contribution in [3.63, 3.8) is 0 Å². The van der Waals surface area contributed by atoms with E-state index in [9.17, 15) is 8.42 Å². The van der Waals surface area contributed by atoms with Crippen molar-refractivity contribution in [2.45, 2.75) is 26.3 Å². The lowest BCUT2D eigenvalue weighted by molar-refractivity contribution is 0.466. The molecule has 3 N–H and O–H groups in total. The largest absolute Gasteiger partial charge is 0.329 e. The Balaban J connectivity index is 4.01. The first-order chi connectivity index (χ1) is 5.35. The van der Waals surface area contributed by atoms with E-state index < -0.39 is 10.0 Å². The predicted molar refractivity (Wildman–Crippen MR) is 50.3 cm³/mol. The first-order valence-electron chi connectivity index (χ1n) is 4.02. The maximum atomic E-state index is 10.8. The molecule has 74 valence electrons. The van der Waals surface area contributed by atoms with Crippen LogP contribution in [0.15, 0.2) is 0 Å². The average Bonchev–Trinajstić information content (AvgIpc) is 1.82. The molecule has 0 aliphatic rings. The number of rotatable bonds is 5. The Morgan fingerprint density at radius 2 is 1.92 bits per heavy atom. The molecule has 0 saturated carbocycles. The maximum Gasteiger partial charge on any atom is 0.208 e. The Kier molecular flexibility index (Phi) is 4.74. The zero-order valence-electron chi connectivity index (χ0n) is 7.87. The van der Waals surface area contributed by atoms with Gasteiger partial charge in [0, 0.05) is 12.6 Å². The third kappa shape index (κ3) is 6.57. The summed E-state index contributed by atoms with van der Waals surface area (Å²) in [5.74, 6) is 0.452. The highest BCUT2D eigenvalue weighted by Crippen LogP contribution is 2.03. The summed E-state index contributed by atoms with van der Waals surface area (Å²) in [5, 5.41) is 0. The summed E-state index contributed by atoms with van der Waals surface area (Å²) in [6.07, 6.45) is 1.93. The second-order valence-corrected chi connectivity index (χ2v) is 5.23. The van der Waals surface area contributed by atoms with E-state index in [2.05, 4.69) is 4.72 Å². The van der Waals surface area contributed by atoms with Crippen LogP contribution in [0.3, 0.4) is 0 Å². The van der Waals surface area contributed by atoms with E-state index >= 15 is 0 Å². The van der Waals surface area contributed by atoms with Crippen molar-refractivity contribution in [3.05, 3.63) is 0 Å². The lowest BCUT2D eigenvalue weighted by Gasteiger charge is -2.16. The molecule has 0 amide bonds. The van der Waals surface area contributed by atoms with E-state index in [-0.39, 0.29) is 6.04 Å². The number of sulfonamides is 1. The van der Waals surface area contributed by atoms with E-state index in [1.807, 2.05) is 13.8 Å². The van der Waals surface area contributed by atoms with Crippen LogP contribution in [-0.2, 0) is 10.0 Å². The van der Waals surface area contributed by atoms with Crippen molar-refractivity contribution < 1.29 is 8.42 Å². The van der Waals surface area contributed by atoms with Gasteiger partial charge in [-0.1, -0.05) is 13.8 Å². The molecule has 1 atom stereocenters. The Morgan fingerprint density at radius 3 is 2.17 bits per heavy atom. The van der Waals surface area contributed by atoms with Gasteiger partial charge in [-0.2, -0.15) is 0 Å². The lowest BCUT2D eigenvalue weighted by Crippen LogP contribution is -2.40. The second kappa shape index (κ2) is 4.79. The van der Waals surface area contributed by atoms with Gasteiger partial charge in [-0.25, -0.2) is 13.1 Å². The fourth-order valence-electron chi connectivity index (χ4n) is 1.06. The first kappa shape index (κ1) is 11.9. The molecule has 0 aromatic rings. The van der Waals surface area contributed by atoms with Gasteiger partial charge in [-0.3, -0.25) is 0 Å². The minimum absolute atomic E-state index is 0.125. The second-order valence-electron chi connectivity index (χ2n) is 3.45. The normalized spacial score (nSPS) is 15.1. The third-order valence-corrected chi connectivity index (χ3v) is 2.18. The molecule has 0 rings (SSSR count). The van der Waals surface area contributed by atoms with Crippen LogP contribution in [0.2, 0.25) is 0 Å². The summed E-state index contributed by atoms with van der Waals surface area (Å²) in [7, 11) is -3.11. The van der Waals surface area contributed by atoms with Crippen LogP contribution in [-0.4, -0.2) is 27.3 Å². The lowest BCUT2D eigenvalue weighted by atomic mass is 10.1. The highest BCUT2D eigenvalue weighted by molar-refractivity contribution is 7.88. The van der Waals surface area contributed by atoms with Gasteiger partial charge in [0.15, 0.2) is 0 Å². The smallest absolute Gasteiger partial charge is 0.208 e. The molecule has 0 aromatic heterocycles. The van der Waals surface area contributed by atoms with Crippen LogP contribution < -0.4 is 10.5 Å². The SMILES string of the molecule is CC(C)CC(CN)NS(C)(=O)=O. The molecule has 0 heterocycles. The van der Waals surface area contributed by atoms with Crippen molar-refractivity contribution in [2.75, 3.05) is 12.8 Å². The Morgan fingerprint density at radius 1 is 1.42 bits per heavy atom. The minimum Gasteiger partial charge on any atom is -0.329 e. The summed E-state index contributed by atoms with van der Waals surface area (Å²) in [4.78, 5) is 0. The van der Waals surface area contributed by atoms with Crippen LogP contribution in [0.25, 0.3) is 0 Å². The summed E-state index contributed by atoms with van der Waals surface area (Å²) in [5.41, 5.74) is 5.40. The highest BCUT2D eigenvalue weighted by Gasteiger charge is 2.12. The topological polar surface area (TPSA) is 72.2 Å². The molecular formula is C7H18N2O2S. The molecule has 4 nitrogen and oxygen atoms in total. The predicted octanol–water partition coefficient (Wildman–Crippen LogP) is -0.0910. The first-order valence-corrected chi connectivity index (χ1v) is 5.91. The maximum absolute atomic E-state index is 10.8. The third-order valence-electron chi connectivity index (χ3n) is 1.42.